The van der Waals surface area contributed by atoms with Crippen molar-refractivity contribution >= 4 is 30.7 Å². The second-order valence-corrected chi connectivity index (χ2v) is 6.41. The number of amides is 1. The maximum absolute atomic E-state index is 12.3. The van der Waals surface area contributed by atoms with E-state index >= 15 is 0 Å². The Hall–Kier alpha value is -2.02. The summed E-state index contributed by atoms with van der Waals surface area (Å²) in [7, 11) is 1.97. The summed E-state index contributed by atoms with van der Waals surface area (Å²) in [6.45, 7) is 2.71. The molecule has 2 heterocycles. The summed E-state index contributed by atoms with van der Waals surface area (Å²) < 4.78 is 11.3. The standard InChI is InChI=1S/C20H25N3O3.2ClH/c1-21-14-16-9-12-23(13-10-16)20(24)15-25-17-5-7-18(8-6-17)26-19-4-2-3-11-22-19;;/h2-8,11,16,21H,9-10,12-15H2,1H3;2*1H. The van der Waals surface area contributed by atoms with Gasteiger partial charge < -0.3 is 19.7 Å². The molecule has 3 rings (SSSR count). The molecule has 154 valence electrons. The first-order chi connectivity index (χ1) is 12.7. The fourth-order valence-corrected chi connectivity index (χ4v) is 3.04. The number of aromatic nitrogens is 1. The Morgan fingerprint density at radius 2 is 1.79 bits per heavy atom. The number of ether oxygens (including phenoxy) is 2. The maximum atomic E-state index is 12.3. The van der Waals surface area contributed by atoms with Crippen molar-refractivity contribution in [1.29, 1.82) is 0 Å². The van der Waals surface area contributed by atoms with Gasteiger partial charge >= 0.3 is 0 Å². The average Bonchev–Trinajstić information content (AvgIpc) is 2.69. The van der Waals surface area contributed by atoms with E-state index in [0.717, 1.165) is 32.5 Å². The van der Waals surface area contributed by atoms with E-state index in [0.29, 0.717) is 23.3 Å². The molecule has 0 radical (unpaired) electrons. The van der Waals surface area contributed by atoms with Gasteiger partial charge in [0.2, 0.25) is 5.88 Å². The number of pyridine rings is 1. The Morgan fingerprint density at radius 3 is 2.39 bits per heavy atom. The summed E-state index contributed by atoms with van der Waals surface area (Å²) in [4.78, 5) is 18.3. The molecule has 1 fully saturated rings. The Kier molecular flexibility index (Phi) is 10.7. The lowest BCUT2D eigenvalue weighted by Gasteiger charge is -2.31. The number of nitrogens with one attached hydrogen (secondary N) is 1. The molecule has 1 saturated heterocycles. The zero-order valence-corrected chi connectivity index (χ0v) is 17.5. The van der Waals surface area contributed by atoms with Crippen LogP contribution < -0.4 is 14.8 Å². The SMILES string of the molecule is CNCC1CCN(C(=O)COc2ccc(Oc3ccccn3)cc2)CC1.Cl.Cl. The number of carbonyl (C=O) groups excluding carboxylic acids is 1. The summed E-state index contributed by atoms with van der Waals surface area (Å²) >= 11 is 0. The number of hydrogen-bond donors (Lipinski definition) is 1. The molecule has 1 aromatic heterocycles. The Morgan fingerprint density at radius 1 is 1.11 bits per heavy atom. The maximum Gasteiger partial charge on any atom is 0.260 e. The smallest absolute Gasteiger partial charge is 0.260 e. The minimum Gasteiger partial charge on any atom is -0.484 e. The first-order valence-corrected chi connectivity index (χ1v) is 8.98. The quantitative estimate of drug-likeness (QED) is 0.731. The van der Waals surface area contributed by atoms with Gasteiger partial charge in [0.05, 0.1) is 0 Å². The van der Waals surface area contributed by atoms with Gasteiger partial charge in [-0.05, 0) is 62.7 Å². The molecule has 1 aliphatic rings. The Labute approximate surface area is 178 Å². The van der Waals surface area contributed by atoms with E-state index in [1.54, 1.807) is 36.5 Å². The highest BCUT2D eigenvalue weighted by atomic mass is 35.5. The molecular weight excluding hydrogens is 401 g/mol. The van der Waals surface area contributed by atoms with Crippen LogP contribution in [0, 0.1) is 5.92 Å². The minimum absolute atomic E-state index is 0. The number of hydrogen-bond acceptors (Lipinski definition) is 5. The van der Waals surface area contributed by atoms with Gasteiger partial charge in [0.15, 0.2) is 6.61 Å². The van der Waals surface area contributed by atoms with Crippen LogP contribution in [0.2, 0.25) is 0 Å². The highest BCUT2D eigenvalue weighted by molar-refractivity contribution is 5.85. The van der Waals surface area contributed by atoms with Crippen molar-refractivity contribution in [3.05, 3.63) is 48.7 Å². The van der Waals surface area contributed by atoms with Gasteiger partial charge in [-0.2, -0.15) is 0 Å². The van der Waals surface area contributed by atoms with E-state index in [4.69, 9.17) is 9.47 Å². The van der Waals surface area contributed by atoms with Gasteiger partial charge in [-0.15, -0.1) is 24.8 Å². The topological polar surface area (TPSA) is 63.7 Å². The van der Waals surface area contributed by atoms with Crippen molar-refractivity contribution in [2.75, 3.05) is 33.3 Å². The molecule has 1 amide bonds. The van der Waals surface area contributed by atoms with Crippen molar-refractivity contribution in [3.63, 3.8) is 0 Å². The second kappa shape index (κ2) is 12.4. The monoisotopic (exact) mass is 427 g/mol. The van der Waals surface area contributed by atoms with Crippen LogP contribution in [0.25, 0.3) is 0 Å². The predicted molar refractivity (Wildman–Crippen MR) is 114 cm³/mol. The van der Waals surface area contributed by atoms with Gasteiger partial charge in [0.25, 0.3) is 5.91 Å². The zero-order valence-electron chi connectivity index (χ0n) is 15.9. The van der Waals surface area contributed by atoms with E-state index in [9.17, 15) is 4.79 Å². The fourth-order valence-electron chi connectivity index (χ4n) is 3.04. The van der Waals surface area contributed by atoms with Crippen LogP contribution in [0.5, 0.6) is 17.4 Å². The van der Waals surface area contributed by atoms with Gasteiger partial charge in [-0.1, -0.05) is 6.07 Å². The molecule has 0 aliphatic carbocycles. The highest BCUT2D eigenvalue weighted by Crippen LogP contribution is 2.22. The van der Waals surface area contributed by atoms with Crippen LogP contribution in [0.3, 0.4) is 0 Å². The Bertz CT molecular complexity index is 694. The molecular formula is C20H27Cl2N3O3. The van der Waals surface area contributed by atoms with E-state index in [1.165, 1.54) is 0 Å². The number of rotatable bonds is 7. The number of piperidine rings is 1. The molecule has 8 heteroatoms. The number of carbonyl (C=O) groups is 1. The van der Waals surface area contributed by atoms with Crippen molar-refractivity contribution in [1.82, 2.24) is 15.2 Å². The summed E-state index contributed by atoms with van der Waals surface area (Å²) in [6.07, 6.45) is 3.78. The van der Waals surface area contributed by atoms with Gasteiger partial charge in [-0.3, -0.25) is 4.79 Å². The minimum atomic E-state index is 0. The lowest BCUT2D eigenvalue weighted by Crippen LogP contribution is -2.42. The lowest BCUT2D eigenvalue weighted by molar-refractivity contribution is -0.134. The van der Waals surface area contributed by atoms with Gasteiger partial charge in [-0.25, -0.2) is 4.98 Å². The largest absolute Gasteiger partial charge is 0.484 e. The number of likely N-dealkylation sites (tertiary alicyclic amines) is 1. The fraction of sp³-hybridized carbons (Fsp3) is 0.400. The summed E-state index contributed by atoms with van der Waals surface area (Å²) in [5, 5.41) is 3.21. The summed E-state index contributed by atoms with van der Waals surface area (Å²) in [6, 6.07) is 12.7. The third-order valence-corrected chi connectivity index (χ3v) is 4.51. The van der Waals surface area contributed by atoms with Crippen molar-refractivity contribution in [2.24, 2.45) is 5.92 Å². The number of nitrogens with zero attached hydrogens (tertiary/aromatic N) is 2. The molecule has 0 unspecified atom stereocenters. The first kappa shape index (κ1) is 24.0. The lowest BCUT2D eigenvalue weighted by atomic mass is 9.97. The molecule has 0 atom stereocenters. The van der Waals surface area contributed by atoms with Crippen LogP contribution in [0.1, 0.15) is 12.8 Å². The van der Waals surface area contributed by atoms with Crippen LogP contribution in [0.15, 0.2) is 48.7 Å². The Balaban J connectivity index is 0.00000196. The van der Waals surface area contributed by atoms with Gasteiger partial charge in [0, 0.05) is 25.4 Å². The molecule has 0 saturated carbocycles. The normalized spacial score (nSPS) is 13.8. The third kappa shape index (κ3) is 7.19. The van der Waals surface area contributed by atoms with E-state index < -0.39 is 0 Å². The molecule has 2 aromatic rings. The first-order valence-electron chi connectivity index (χ1n) is 8.98. The number of halogens is 2. The predicted octanol–water partition coefficient (Wildman–Crippen LogP) is 3.55. The van der Waals surface area contributed by atoms with E-state index in [1.807, 2.05) is 24.1 Å². The molecule has 0 spiro atoms. The molecule has 6 nitrogen and oxygen atoms in total. The summed E-state index contributed by atoms with van der Waals surface area (Å²) in [5.74, 6) is 2.57. The molecule has 1 N–H and O–H groups in total. The average molecular weight is 428 g/mol. The highest BCUT2D eigenvalue weighted by Gasteiger charge is 2.22. The molecule has 1 aliphatic heterocycles. The second-order valence-electron chi connectivity index (χ2n) is 6.41. The van der Waals surface area contributed by atoms with Crippen molar-refractivity contribution < 1.29 is 14.3 Å². The van der Waals surface area contributed by atoms with Gasteiger partial charge in [0.1, 0.15) is 11.5 Å². The molecule has 28 heavy (non-hydrogen) atoms. The van der Waals surface area contributed by atoms with Crippen LogP contribution >= 0.6 is 24.8 Å². The van der Waals surface area contributed by atoms with Crippen molar-refractivity contribution in [2.45, 2.75) is 12.8 Å². The van der Waals surface area contributed by atoms with Crippen LogP contribution in [-0.2, 0) is 4.79 Å². The zero-order chi connectivity index (χ0) is 18.2. The molecule has 1 aromatic carbocycles. The molecule has 0 bridgehead atoms. The number of benzene rings is 1. The van der Waals surface area contributed by atoms with Crippen molar-refractivity contribution in [3.8, 4) is 17.4 Å². The van der Waals surface area contributed by atoms with E-state index in [-0.39, 0.29) is 37.3 Å². The summed E-state index contributed by atoms with van der Waals surface area (Å²) in [5.41, 5.74) is 0. The van der Waals surface area contributed by atoms with Crippen LogP contribution in [0.4, 0.5) is 0 Å². The van der Waals surface area contributed by atoms with Crippen LogP contribution in [-0.4, -0.2) is 49.1 Å². The van der Waals surface area contributed by atoms with E-state index in [2.05, 4.69) is 10.3 Å². The third-order valence-electron chi connectivity index (χ3n) is 4.51.